The number of carbonyl (C=O) groups is 2. The lowest BCUT2D eigenvalue weighted by atomic mass is 9.94. The van der Waals surface area contributed by atoms with Crippen LogP contribution in [0.3, 0.4) is 0 Å². The van der Waals surface area contributed by atoms with Gasteiger partial charge in [-0.1, -0.05) is 149 Å². The Morgan fingerprint density at radius 3 is 1.19 bits per heavy atom. The number of hydrogen-bond acceptors (Lipinski definition) is 2. The fourth-order valence-corrected chi connectivity index (χ4v) is 4.48. The van der Waals surface area contributed by atoms with Gasteiger partial charge >= 0.3 is 0 Å². The Balaban J connectivity index is 3.46. The van der Waals surface area contributed by atoms with Crippen molar-refractivity contribution in [2.75, 3.05) is 0 Å². The van der Waals surface area contributed by atoms with Gasteiger partial charge in [0.15, 0.2) is 0 Å². The Kier molecular flexibility index (Phi) is 25.1. The Labute approximate surface area is 195 Å². The first-order valence-corrected chi connectivity index (χ1v) is 14.2. The van der Waals surface area contributed by atoms with Gasteiger partial charge in [-0.15, -0.1) is 0 Å². The van der Waals surface area contributed by atoms with E-state index in [-0.39, 0.29) is 11.7 Å². The smallest absolute Gasteiger partial charge is 0.143 e. The second kappa shape index (κ2) is 25.6. The normalized spacial score (nSPS) is 12.2. The number of ketones is 1. The van der Waals surface area contributed by atoms with Gasteiger partial charge in [0.2, 0.25) is 0 Å². The molecule has 0 amide bonds. The lowest BCUT2D eigenvalue weighted by Crippen LogP contribution is -2.15. The molecule has 0 saturated heterocycles. The van der Waals surface area contributed by atoms with Crippen molar-refractivity contribution < 1.29 is 9.59 Å². The monoisotopic (exact) mass is 436 g/mol. The maximum Gasteiger partial charge on any atom is 0.143 e. The lowest BCUT2D eigenvalue weighted by Gasteiger charge is -2.09. The maximum atomic E-state index is 12.3. The second-order valence-electron chi connectivity index (χ2n) is 9.82. The second-order valence-corrected chi connectivity index (χ2v) is 9.82. The van der Waals surface area contributed by atoms with Gasteiger partial charge in [0.05, 0.1) is 5.92 Å². The van der Waals surface area contributed by atoms with Crippen LogP contribution < -0.4 is 0 Å². The summed E-state index contributed by atoms with van der Waals surface area (Å²) in [6.07, 6.45) is 31.0. The van der Waals surface area contributed by atoms with E-state index in [1.54, 1.807) is 0 Å². The summed E-state index contributed by atoms with van der Waals surface area (Å²) in [7, 11) is 0. The van der Waals surface area contributed by atoms with Crippen LogP contribution in [0.25, 0.3) is 0 Å². The van der Waals surface area contributed by atoms with E-state index in [0.717, 1.165) is 32.0 Å². The average Bonchev–Trinajstić information content (AvgIpc) is 2.78. The zero-order chi connectivity index (χ0) is 22.8. The van der Waals surface area contributed by atoms with Gasteiger partial charge in [0.1, 0.15) is 12.1 Å². The van der Waals surface area contributed by atoms with E-state index in [2.05, 4.69) is 13.8 Å². The van der Waals surface area contributed by atoms with Gasteiger partial charge in [0, 0.05) is 6.42 Å². The molecule has 0 aromatic heterocycles. The number of hydrogen-bond donors (Lipinski definition) is 0. The molecule has 0 saturated carbocycles. The van der Waals surface area contributed by atoms with Crippen LogP contribution in [0.2, 0.25) is 0 Å². The molecule has 0 aliphatic heterocycles. The molecule has 0 aliphatic carbocycles. The molecular weight excluding hydrogens is 380 g/mol. The highest BCUT2D eigenvalue weighted by Crippen LogP contribution is 2.17. The Morgan fingerprint density at radius 1 is 0.516 bits per heavy atom. The van der Waals surface area contributed by atoms with Crippen LogP contribution in [0.4, 0.5) is 0 Å². The predicted molar refractivity (Wildman–Crippen MR) is 137 cm³/mol. The van der Waals surface area contributed by atoms with E-state index in [1.807, 2.05) is 0 Å². The van der Waals surface area contributed by atoms with Crippen molar-refractivity contribution in [2.45, 2.75) is 168 Å². The molecular formula is C29H56O2. The molecule has 1 atom stereocenters. The molecule has 0 aliphatic rings. The Hall–Kier alpha value is -0.660. The molecule has 0 rings (SSSR count). The van der Waals surface area contributed by atoms with E-state index in [9.17, 15) is 9.59 Å². The van der Waals surface area contributed by atoms with Crippen molar-refractivity contribution in [2.24, 2.45) is 5.92 Å². The van der Waals surface area contributed by atoms with Crippen LogP contribution in [0.15, 0.2) is 0 Å². The van der Waals surface area contributed by atoms with Gasteiger partial charge in [-0.3, -0.25) is 4.79 Å². The highest BCUT2D eigenvalue weighted by Gasteiger charge is 2.16. The minimum absolute atomic E-state index is 0.193. The predicted octanol–water partition coefficient (Wildman–Crippen LogP) is 9.77. The first-order chi connectivity index (χ1) is 15.3. The van der Waals surface area contributed by atoms with Crippen molar-refractivity contribution in [1.29, 1.82) is 0 Å². The largest absolute Gasteiger partial charge is 0.303 e. The average molecular weight is 437 g/mol. The third-order valence-corrected chi connectivity index (χ3v) is 6.72. The highest BCUT2D eigenvalue weighted by molar-refractivity contribution is 5.93. The summed E-state index contributed by atoms with van der Waals surface area (Å²) in [4.78, 5) is 23.7. The van der Waals surface area contributed by atoms with Crippen molar-refractivity contribution in [3.63, 3.8) is 0 Å². The molecule has 31 heavy (non-hydrogen) atoms. The standard InChI is InChI=1S/C29H56O2/c1-3-5-7-9-11-13-15-16-18-20-22-24-26-29(31)28(27-30)25-23-21-19-17-14-12-10-8-6-4-2/h27-28H,3-26H2,1-2H3. The number of Topliss-reactive ketones (excluding diaryl/α,β-unsaturated/α-hetero) is 1. The molecule has 0 aromatic carbocycles. The fraction of sp³-hybridized carbons (Fsp3) is 0.931. The van der Waals surface area contributed by atoms with Crippen molar-refractivity contribution >= 4 is 12.1 Å². The summed E-state index contributed by atoms with van der Waals surface area (Å²) < 4.78 is 0. The van der Waals surface area contributed by atoms with Crippen LogP contribution in [-0.2, 0) is 9.59 Å². The molecule has 0 spiro atoms. The molecule has 1 unspecified atom stereocenters. The molecule has 2 nitrogen and oxygen atoms in total. The Bertz CT molecular complexity index is 377. The quantitative estimate of drug-likeness (QED) is 0.0768. The topological polar surface area (TPSA) is 34.1 Å². The zero-order valence-electron chi connectivity index (χ0n) is 21.4. The summed E-state index contributed by atoms with van der Waals surface area (Å²) >= 11 is 0. The third-order valence-electron chi connectivity index (χ3n) is 6.72. The maximum absolute atomic E-state index is 12.3. The number of aldehydes is 1. The third kappa shape index (κ3) is 22.3. The summed E-state index contributed by atoms with van der Waals surface area (Å²) in [5.74, 6) is -0.139. The van der Waals surface area contributed by atoms with Crippen LogP contribution in [-0.4, -0.2) is 12.1 Å². The Morgan fingerprint density at radius 2 is 0.839 bits per heavy atom. The van der Waals surface area contributed by atoms with Gasteiger partial charge < -0.3 is 4.79 Å². The van der Waals surface area contributed by atoms with Crippen LogP contribution in [0, 0.1) is 5.92 Å². The first kappa shape index (κ1) is 30.3. The molecule has 0 bridgehead atoms. The summed E-state index contributed by atoms with van der Waals surface area (Å²) in [5.41, 5.74) is 0. The molecule has 0 aromatic rings. The molecule has 0 fully saturated rings. The van der Waals surface area contributed by atoms with E-state index >= 15 is 0 Å². The van der Waals surface area contributed by atoms with Crippen LogP contribution in [0.1, 0.15) is 168 Å². The SMILES string of the molecule is CCCCCCCCCCCCCCC(=O)C(C=O)CCCCCCCCCCCC. The summed E-state index contributed by atoms with van der Waals surface area (Å²) in [6.45, 7) is 4.53. The molecule has 2 heteroatoms. The number of unbranched alkanes of at least 4 members (excludes halogenated alkanes) is 20. The number of carbonyl (C=O) groups excluding carboxylic acids is 2. The van der Waals surface area contributed by atoms with E-state index in [1.165, 1.54) is 122 Å². The zero-order valence-corrected chi connectivity index (χ0v) is 21.4. The number of rotatable bonds is 26. The first-order valence-electron chi connectivity index (χ1n) is 14.2. The molecule has 0 N–H and O–H groups in total. The van der Waals surface area contributed by atoms with E-state index in [0.29, 0.717) is 6.42 Å². The van der Waals surface area contributed by atoms with Crippen molar-refractivity contribution in [3.8, 4) is 0 Å². The van der Waals surface area contributed by atoms with Crippen molar-refractivity contribution in [3.05, 3.63) is 0 Å². The van der Waals surface area contributed by atoms with Crippen LogP contribution in [0.5, 0.6) is 0 Å². The van der Waals surface area contributed by atoms with Gasteiger partial charge in [-0.25, -0.2) is 0 Å². The molecule has 0 heterocycles. The van der Waals surface area contributed by atoms with E-state index in [4.69, 9.17) is 0 Å². The van der Waals surface area contributed by atoms with Crippen LogP contribution >= 0.6 is 0 Å². The minimum atomic E-state index is -0.332. The van der Waals surface area contributed by atoms with Gasteiger partial charge in [-0.2, -0.15) is 0 Å². The van der Waals surface area contributed by atoms with E-state index < -0.39 is 0 Å². The van der Waals surface area contributed by atoms with Crippen molar-refractivity contribution in [1.82, 2.24) is 0 Å². The highest BCUT2D eigenvalue weighted by atomic mass is 16.1. The van der Waals surface area contributed by atoms with Gasteiger partial charge in [0.25, 0.3) is 0 Å². The summed E-state index contributed by atoms with van der Waals surface area (Å²) in [6, 6.07) is 0. The molecule has 184 valence electrons. The lowest BCUT2D eigenvalue weighted by molar-refractivity contribution is -0.127. The summed E-state index contributed by atoms with van der Waals surface area (Å²) in [5, 5.41) is 0. The molecule has 0 radical (unpaired) electrons. The fourth-order valence-electron chi connectivity index (χ4n) is 4.48. The minimum Gasteiger partial charge on any atom is -0.303 e. The van der Waals surface area contributed by atoms with Gasteiger partial charge in [-0.05, 0) is 12.8 Å².